The molecule has 3 aromatic rings. The van der Waals surface area contributed by atoms with Gasteiger partial charge in [0.25, 0.3) is 0 Å². The van der Waals surface area contributed by atoms with Gasteiger partial charge in [0.15, 0.2) is 11.5 Å². The molecule has 0 saturated carbocycles. The number of fused-ring (bicyclic) bond motifs is 1. The highest BCUT2D eigenvalue weighted by atomic mass is 16.6. The van der Waals surface area contributed by atoms with E-state index in [1.54, 1.807) is 22.6 Å². The molecule has 0 aliphatic rings. The number of carbonyl (C=O) groups excluding carboxylic acids is 1. The van der Waals surface area contributed by atoms with Crippen molar-refractivity contribution < 1.29 is 24.2 Å². The van der Waals surface area contributed by atoms with Crippen molar-refractivity contribution in [1.29, 1.82) is 0 Å². The highest BCUT2D eigenvalue weighted by Gasteiger charge is 2.20. The van der Waals surface area contributed by atoms with Crippen LogP contribution in [0.1, 0.15) is 64.5 Å². The maximum absolute atomic E-state index is 12.8. The molecule has 4 N–H and O–H groups in total. The van der Waals surface area contributed by atoms with Gasteiger partial charge in [-0.1, -0.05) is 37.6 Å². The lowest BCUT2D eigenvalue weighted by atomic mass is 10.1. The molecule has 236 valence electrons. The zero-order valence-corrected chi connectivity index (χ0v) is 25.9. The Hall–Kier alpha value is -4.13. The van der Waals surface area contributed by atoms with Crippen LogP contribution in [-0.2, 0) is 29.0 Å². The molecule has 0 aliphatic carbocycles. The third kappa shape index (κ3) is 10.6. The third-order valence-corrected chi connectivity index (χ3v) is 6.64. The summed E-state index contributed by atoms with van der Waals surface area (Å²) >= 11 is 0. The number of aryl methyl sites for hydroxylation is 1. The summed E-state index contributed by atoms with van der Waals surface area (Å²) in [5, 5.41) is 9.21. The number of amides is 1. The summed E-state index contributed by atoms with van der Waals surface area (Å²) in [4.78, 5) is 51.6. The normalized spacial score (nSPS) is 11.7. The number of nitrogens with two attached hydrogens (primary N) is 1. The Balaban J connectivity index is 1.71. The minimum Gasteiger partial charge on any atom is -0.481 e. The Morgan fingerprint density at radius 1 is 1.09 bits per heavy atom. The number of carboxylic acid groups (broad SMARTS) is 1. The van der Waals surface area contributed by atoms with Gasteiger partial charge in [0, 0.05) is 39.8 Å². The standard InChI is InChI=1S/C30H45N7O6/c1-6-7-17-42-27-33-25(31)24-26(34-27)37(28(40)32-24)16-10-15-36(14-9-13-35(5)29(41)43-30(2,3)4)20-22-12-8-11-21(18-22)19-23(38)39/h8,11-12,18H,6-7,9-10,13-17,19-20H2,1-5H3,(H,32,40)(H,38,39)(H2,31,33,34). The van der Waals surface area contributed by atoms with Crippen molar-refractivity contribution in [1.82, 2.24) is 29.3 Å². The number of H-pyrrole nitrogens is 1. The molecule has 0 fully saturated rings. The molecule has 2 aromatic heterocycles. The van der Waals surface area contributed by atoms with Gasteiger partial charge in [0.1, 0.15) is 11.1 Å². The molecule has 2 heterocycles. The summed E-state index contributed by atoms with van der Waals surface area (Å²) in [5.41, 5.74) is 7.68. The van der Waals surface area contributed by atoms with Crippen LogP contribution in [0.5, 0.6) is 6.01 Å². The maximum atomic E-state index is 12.8. The number of nitrogens with zero attached hydrogens (tertiary/aromatic N) is 5. The summed E-state index contributed by atoms with van der Waals surface area (Å²) in [5.74, 6) is -0.726. The number of aromatic amines is 1. The second kappa shape index (κ2) is 15.4. The zero-order valence-electron chi connectivity index (χ0n) is 25.9. The van der Waals surface area contributed by atoms with Crippen LogP contribution in [-0.4, -0.2) is 85.4 Å². The van der Waals surface area contributed by atoms with Gasteiger partial charge in [-0.25, -0.2) is 9.59 Å². The minimum absolute atomic E-state index is 0.0485. The van der Waals surface area contributed by atoms with E-state index in [0.717, 1.165) is 24.0 Å². The van der Waals surface area contributed by atoms with Crippen LogP contribution >= 0.6 is 0 Å². The number of hydrogen-bond acceptors (Lipinski definition) is 9. The molecule has 0 aliphatic heterocycles. The highest BCUT2D eigenvalue weighted by molar-refractivity contribution is 5.81. The van der Waals surface area contributed by atoms with E-state index in [1.165, 1.54) is 0 Å². The lowest BCUT2D eigenvalue weighted by molar-refractivity contribution is -0.136. The molecule has 0 unspecified atom stereocenters. The number of carbonyl (C=O) groups is 2. The van der Waals surface area contributed by atoms with E-state index in [2.05, 4.69) is 26.8 Å². The van der Waals surface area contributed by atoms with E-state index in [4.69, 9.17) is 15.2 Å². The van der Waals surface area contributed by atoms with Gasteiger partial charge >= 0.3 is 23.8 Å². The van der Waals surface area contributed by atoms with Crippen LogP contribution in [0.2, 0.25) is 0 Å². The number of imidazole rings is 1. The molecule has 3 rings (SSSR count). The fourth-order valence-electron chi connectivity index (χ4n) is 4.57. The van der Waals surface area contributed by atoms with E-state index in [-0.39, 0.29) is 30.0 Å². The lowest BCUT2D eigenvalue weighted by Gasteiger charge is -2.26. The molecule has 0 bridgehead atoms. The van der Waals surface area contributed by atoms with Crippen molar-refractivity contribution in [3.63, 3.8) is 0 Å². The van der Waals surface area contributed by atoms with Crippen molar-refractivity contribution in [2.75, 3.05) is 39.0 Å². The van der Waals surface area contributed by atoms with Crippen LogP contribution in [0, 0.1) is 0 Å². The summed E-state index contributed by atoms with van der Waals surface area (Å²) < 4.78 is 12.6. The molecule has 43 heavy (non-hydrogen) atoms. The van der Waals surface area contributed by atoms with E-state index in [0.29, 0.717) is 63.3 Å². The fraction of sp³-hybridized carbons (Fsp3) is 0.567. The molecule has 13 nitrogen and oxygen atoms in total. The predicted octanol–water partition coefficient (Wildman–Crippen LogP) is 3.66. The third-order valence-electron chi connectivity index (χ3n) is 6.64. The number of rotatable bonds is 16. The first-order chi connectivity index (χ1) is 20.4. The average molecular weight is 600 g/mol. The Kier molecular flexibility index (Phi) is 11.9. The molecular formula is C30H45N7O6. The summed E-state index contributed by atoms with van der Waals surface area (Å²) in [6.45, 7) is 10.8. The molecule has 1 aromatic carbocycles. The highest BCUT2D eigenvalue weighted by Crippen LogP contribution is 2.18. The van der Waals surface area contributed by atoms with Gasteiger partial charge in [-0.15, -0.1) is 0 Å². The van der Waals surface area contributed by atoms with E-state index < -0.39 is 11.6 Å². The van der Waals surface area contributed by atoms with Gasteiger partial charge in [-0.3, -0.25) is 14.3 Å². The Morgan fingerprint density at radius 2 is 1.81 bits per heavy atom. The van der Waals surface area contributed by atoms with E-state index in [1.807, 2.05) is 39.0 Å². The number of ether oxygens (including phenoxy) is 2. The number of unbranched alkanes of at least 4 members (excludes halogenated alkanes) is 1. The smallest absolute Gasteiger partial charge is 0.410 e. The summed E-state index contributed by atoms with van der Waals surface area (Å²) in [6, 6.07) is 7.67. The van der Waals surface area contributed by atoms with Crippen molar-refractivity contribution in [2.45, 2.75) is 78.5 Å². The molecule has 0 atom stereocenters. The zero-order chi connectivity index (χ0) is 31.6. The number of hydrogen-bond donors (Lipinski definition) is 3. The number of aromatic nitrogens is 4. The second-order valence-corrected chi connectivity index (χ2v) is 11.6. The fourth-order valence-corrected chi connectivity index (χ4v) is 4.57. The van der Waals surface area contributed by atoms with Crippen molar-refractivity contribution in [3.8, 4) is 6.01 Å². The first kappa shape index (κ1) is 33.4. The molecule has 1 amide bonds. The molecular weight excluding hydrogens is 554 g/mol. The van der Waals surface area contributed by atoms with Crippen LogP contribution in [0.4, 0.5) is 10.6 Å². The number of carboxylic acids is 1. The van der Waals surface area contributed by atoms with Gasteiger partial charge in [-0.2, -0.15) is 9.97 Å². The summed E-state index contributed by atoms with van der Waals surface area (Å²) in [6.07, 6.45) is 2.71. The number of anilines is 1. The van der Waals surface area contributed by atoms with Crippen LogP contribution in [0.3, 0.4) is 0 Å². The van der Waals surface area contributed by atoms with Crippen molar-refractivity contribution >= 4 is 29.0 Å². The summed E-state index contributed by atoms with van der Waals surface area (Å²) in [7, 11) is 1.71. The number of nitrogen functional groups attached to an aromatic ring is 1. The topological polar surface area (TPSA) is 169 Å². The van der Waals surface area contributed by atoms with E-state index in [9.17, 15) is 19.5 Å². The SMILES string of the molecule is CCCCOc1nc(N)c2[nH]c(=O)n(CCCN(CCCN(C)C(=O)OC(C)(C)C)Cc3cccc(CC(=O)O)c3)c2n1. The van der Waals surface area contributed by atoms with Gasteiger partial charge in [0.2, 0.25) is 0 Å². The lowest BCUT2D eigenvalue weighted by Crippen LogP contribution is -2.36. The first-order valence-electron chi connectivity index (χ1n) is 14.7. The van der Waals surface area contributed by atoms with Gasteiger partial charge in [-0.05, 0) is 51.2 Å². The number of aliphatic carboxylic acids is 1. The van der Waals surface area contributed by atoms with Gasteiger partial charge in [0.05, 0.1) is 13.0 Å². The second-order valence-electron chi connectivity index (χ2n) is 11.6. The van der Waals surface area contributed by atoms with Crippen LogP contribution in [0.25, 0.3) is 11.2 Å². The van der Waals surface area contributed by atoms with Crippen molar-refractivity contribution in [3.05, 3.63) is 45.9 Å². The average Bonchev–Trinajstić information content (AvgIpc) is 3.23. The quantitative estimate of drug-likeness (QED) is 0.207. The monoisotopic (exact) mass is 599 g/mol. The number of benzene rings is 1. The Bertz CT molecular complexity index is 1430. The molecule has 13 heteroatoms. The minimum atomic E-state index is -0.883. The molecule has 0 radical (unpaired) electrons. The van der Waals surface area contributed by atoms with Crippen molar-refractivity contribution in [2.24, 2.45) is 0 Å². The van der Waals surface area contributed by atoms with Crippen LogP contribution in [0.15, 0.2) is 29.1 Å². The van der Waals surface area contributed by atoms with Gasteiger partial charge < -0.3 is 30.2 Å². The van der Waals surface area contributed by atoms with E-state index >= 15 is 0 Å². The maximum Gasteiger partial charge on any atom is 0.410 e. The van der Waals surface area contributed by atoms with Crippen LogP contribution < -0.4 is 16.2 Å². The Morgan fingerprint density at radius 3 is 2.51 bits per heavy atom. The molecule has 0 saturated heterocycles. The number of nitrogens with one attached hydrogen (secondary N) is 1. The molecule has 0 spiro atoms. The first-order valence-corrected chi connectivity index (χ1v) is 14.7. The predicted molar refractivity (Wildman–Crippen MR) is 164 cm³/mol. The largest absolute Gasteiger partial charge is 0.481 e. The Labute approximate surface area is 252 Å².